The molecule has 2 amide bonds. The van der Waals surface area contributed by atoms with E-state index >= 15 is 0 Å². The molecule has 1 N–H and O–H groups in total. The third-order valence-electron chi connectivity index (χ3n) is 9.23. The molecule has 4 aromatic carbocycles. The van der Waals surface area contributed by atoms with Crippen LogP contribution in [0.1, 0.15) is 48.8 Å². The first kappa shape index (κ1) is 39.8. The number of nitro groups is 1. The molecule has 0 aromatic heterocycles. The molecule has 53 heavy (non-hydrogen) atoms. The van der Waals surface area contributed by atoms with Gasteiger partial charge < -0.3 is 15.0 Å². The molecule has 280 valence electrons. The van der Waals surface area contributed by atoms with Crippen LogP contribution in [0.25, 0.3) is 0 Å². The molecule has 0 spiro atoms. The van der Waals surface area contributed by atoms with Crippen molar-refractivity contribution in [2.75, 3.05) is 18.0 Å². The van der Waals surface area contributed by atoms with E-state index < -0.39 is 49.9 Å². The zero-order chi connectivity index (χ0) is 38.3. The summed E-state index contributed by atoms with van der Waals surface area (Å²) in [6.07, 6.45) is 4.69. The molecule has 4 aromatic rings. The number of nitrogens with one attached hydrogen (secondary N) is 1. The van der Waals surface area contributed by atoms with E-state index in [0.717, 1.165) is 48.0 Å². The lowest BCUT2D eigenvalue weighted by Gasteiger charge is -2.35. The fraction of sp³-hybridized carbons (Fsp3) is 0.316. The van der Waals surface area contributed by atoms with E-state index in [1.807, 2.05) is 30.3 Å². The standard InChI is InChI=1S/C38H39Cl3N4O7S/c1-25-13-17-31(22-33(25)45(48)49)53(50,51)44(34-21-29(40)16-18-36(34)52-2)24-37(46)43(23-27-14-15-28(39)20-32(27)41)35(19-26-9-5-3-6-10-26)38(47)42-30-11-7-4-8-12-30/h3,5-6,9-10,13-18,20-22,30,35H,4,7-8,11-12,19,23-24H2,1-2H3,(H,42,47)/t35-/m0/s1. The summed E-state index contributed by atoms with van der Waals surface area (Å²) in [5, 5.41) is 15.8. The van der Waals surface area contributed by atoms with Crippen molar-refractivity contribution in [3.8, 4) is 5.75 Å². The van der Waals surface area contributed by atoms with Crippen LogP contribution in [0.2, 0.25) is 15.1 Å². The van der Waals surface area contributed by atoms with Gasteiger partial charge in [-0.25, -0.2) is 8.42 Å². The van der Waals surface area contributed by atoms with Crippen LogP contribution in [-0.2, 0) is 32.6 Å². The first-order valence-electron chi connectivity index (χ1n) is 17.0. The topological polar surface area (TPSA) is 139 Å². The summed E-state index contributed by atoms with van der Waals surface area (Å²) in [4.78, 5) is 41.3. The third-order valence-corrected chi connectivity index (χ3v) is 11.8. The Kier molecular flexibility index (Phi) is 13.3. The molecule has 0 unspecified atom stereocenters. The molecule has 1 aliphatic carbocycles. The molecule has 0 radical (unpaired) electrons. The van der Waals surface area contributed by atoms with Crippen molar-refractivity contribution in [3.05, 3.63) is 127 Å². The van der Waals surface area contributed by atoms with Crippen molar-refractivity contribution in [3.63, 3.8) is 0 Å². The number of hydrogen-bond acceptors (Lipinski definition) is 7. The van der Waals surface area contributed by atoms with E-state index in [2.05, 4.69) is 5.32 Å². The maximum absolute atomic E-state index is 14.9. The molecule has 1 atom stereocenters. The number of halogens is 3. The van der Waals surface area contributed by atoms with E-state index in [9.17, 15) is 28.1 Å². The molecule has 1 aliphatic rings. The van der Waals surface area contributed by atoms with E-state index in [-0.39, 0.29) is 46.1 Å². The summed E-state index contributed by atoms with van der Waals surface area (Å²) >= 11 is 19.2. The smallest absolute Gasteiger partial charge is 0.273 e. The molecule has 5 rings (SSSR count). The van der Waals surface area contributed by atoms with Gasteiger partial charge in [0.25, 0.3) is 15.7 Å². The van der Waals surface area contributed by atoms with Crippen LogP contribution < -0.4 is 14.4 Å². The minimum Gasteiger partial charge on any atom is -0.495 e. The molecule has 1 saturated carbocycles. The fourth-order valence-corrected chi connectivity index (χ4v) is 8.45. The molecule has 0 saturated heterocycles. The number of aryl methyl sites for hydroxylation is 1. The van der Waals surface area contributed by atoms with Crippen molar-refractivity contribution in [1.82, 2.24) is 10.2 Å². The molecule has 1 fully saturated rings. The summed E-state index contributed by atoms with van der Waals surface area (Å²) < 4.78 is 35.5. The van der Waals surface area contributed by atoms with Gasteiger partial charge in [-0.3, -0.25) is 24.0 Å². The predicted molar refractivity (Wildman–Crippen MR) is 206 cm³/mol. The van der Waals surface area contributed by atoms with Gasteiger partial charge in [0.15, 0.2) is 0 Å². The van der Waals surface area contributed by atoms with Gasteiger partial charge >= 0.3 is 0 Å². The highest BCUT2D eigenvalue weighted by molar-refractivity contribution is 7.92. The van der Waals surface area contributed by atoms with Gasteiger partial charge in [0.05, 0.1) is 22.6 Å². The number of nitro benzene ring substituents is 1. The molecule has 11 nitrogen and oxygen atoms in total. The Bertz CT molecular complexity index is 2080. The zero-order valence-corrected chi connectivity index (χ0v) is 32.2. The van der Waals surface area contributed by atoms with Crippen molar-refractivity contribution in [2.45, 2.75) is 69.0 Å². The molecular formula is C38H39Cl3N4O7S. The van der Waals surface area contributed by atoms with Crippen molar-refractivity contribution in [1.29, 1.82) is 0 Å². The highest BCUT2D eigenvalue weighted by Crippen LogP contribution is 2.36. The lowest BCUT2D eigenvalue weighted by atomic mass is 9.94. The number of ether oxygens (including phenoxy) is 1. The molecule has 0 heterocycles. The van der Waals surface area contributed by atoms with Gasteiger partial charge in [-0.1, -0.05) is 96.5 Å². The van der Waals surface area contributed by atoms with Gasteiger partial charge in [0, 0.05) is 45.7 Å². The average molecular weight is 802 g/mol. The van der Waals surface area contributed by atoms with Crippen molar-refractivity contribution >= 4 is 68.0 Å². The summed E-state index contributed by atoms with van der Waals surface area (Å²) in [7, 11) is -3.39. The Balaban J connectivity index is 1.65. The number of amides is 2. The minimum atomic E-state index is -4.72. The first-order chi connectivity index (χ1) is 25.3. The van der Waals surface area contributed by atoms with E-state index in [1.165, 1.54) is 55.3 Å². The Morgan fingerprint density at radius 1 is 0.943 bits per heavy atom. The number of hydrogen-bond donors (Lipinski definition) is 1. The van der Waals surface area contributed by atoms with Crippen LogP contribution in [0.15, 0.2) is 89.8 Å². The maximum atomic E-state index is 14.9. The normalized spacial score (nSPS) is 13.9. The molecule has 15 heteroatoms. The van der Waals surface area contributed by atoms with E-state index in [0.29, 0.717) is 10.6 Å². The Morgan fingerprint density at radius 3 is 2.28 bits per heavy atom. The van der Waals surface area contributed by atoms with Gasteiger partial charge in [-0.2, -0.15) is 0 Å². The number of benzene rings is 4. The SMILES string of the molecule is COc1ccc(Cl)cc1N(CC(=O)N(Cc1ccc(Cl)cc1Cl)[C@@H](Cc1ccccc1)C(=O)NC1CCCCC1)S(=O)(=O)c1ccc(C)c([N+](=O)[O-])c1. The van der Waals surface area contributed by atoms with Gasteiger partial charge in [-0.15, -0.1) is 0 Å². The number of anilines is 1. The van der Waals surface area contributed by atoms with Crippen LogP contribution in [0.5, 0.6) is 5.75 Å². The quantitative estimate of drug-likeness (QED) is 0.100. The second-order valence-corrected chi connectivity index (χ2v) is 16.0. The van der Waals surface area contributed by atoms with Gasteiger partial charge in [-0.05, 0) is 67.3 Å². The molecule has 0 aliphatic heterocycles. The molecule has 0 bridgehead atoms. The number of methoxy groups -OCH3 is 1. The predicted octanol–water partition coefficient (Wildman–Crippen LogP) is 8.16. The number of carbonyl (C=O) groups excluding carboxylic acids is 2. The third kappa shape index (κ3) is 9.80. The summed E-state index contributed by atoms with van der Waals surface area (Å²) in [5.41, 5.74) is 0.973. The largest absolute Gasteiger partial charge is 0.495 e. The highest BCUT2D eigenvalue weighted by Gasteiger charge is 2.37. The number of carbonyl (C=O) groups is 2. The fourth-order valence-electron chi connectivity index (χ4n) is 6.38. The lowest BCUT2D eigenvalue weighted by Crippen LogP contribution is -2.55. The zero-order valence-electron chi connectivity index (χ0n) is 29.1. The monoisotopic (exact) mass is 800 g/mol. The minimum absolute atomic E-state index is 0.0653. The first-order valence-corrected chi connectivity index (χ1v) is 19.5. The second kappa shape index (κ2) is 17.6. The Morgan fingerprint density at radius 2 is 1.62 bits per heavy atom. The number of rotatable bonds is 14. The van der Waals surface area contributed by atoms with E-state index in [1.54, 1.807) is 12.1 Å². The average Bonchev–Trinajstić information content (AvgIpc) is 3.13. The van der Waals surface area contributed by atoms with Crippen LogP contribution in [0.4, 0.5) is 11.4 Å². The van der Waals surface area contributed by atoms with Crippen molar-refractivity contribution in [2.24, 2.45) is 0 Å². The molecular weight excluding hydrogens is 763 g/mol. The van der Waals surface area contributed by atoms with Crippen LogP contribution in [0, 0.1) is 17.0 Å². The Hall–Kier alpha value is -4.36. The second-order valence-electron chi connectivity index (χ2n) is 12.8. The number of nitrogens with zero attached hydrogens (tertiary/aromatic N) is 3. The maximum Gasteiger partial charge on any atom is 0.273 e. The van der Waals surface area contributed by atoms with Crippen LogP contribution >= 0.6 is 34.8 Å². The van der Waals surface area contributed by atoms with Gasteiger partial charge in [0.1, 0.15) is 18.3 Å². The van der Waals surface area contributed by atoms with Gasteiger partial charge in [0.2, 0.25) is 11.8 Å². The highest BCUT2D eigenvalue weighted by atomic mass is 35.5. The van der Waals surface area contributed by atoms with Crippen molar-refractivity contribution < 1.29 is 27.7 Å². The van der Waals surface area contributed by atoms with Crippen LogP contribution in [0.3, 0.4) is 0 Å². The summed E-state index contributed by atoms with van der Waals surface area (Å²) in [6, 6.07) is 20.5. The Labute approximate surface area is 324 Å². The lowest BCUT2D eigenvalue weighted by molar-refractivity contribution is -0.385. The summed E-state index contributed by atoms with van der Waals surface area (Å²) in [5.74, 6) is -1.10. The number of sulfonamides is 1. The summed E-state index contributed by atoms with van der Waals surface area (Å²) in [6.45, 7) is 0.468. The van der Waals surface area contributed by atoms with Crippen LogP contribution in [-0.4, -0.2) is 55.8 Å². The van der Waals surface area contributed by atoms with E-state index in [4.69, 9.17) is 39.5 Å².